The molecule has 0 heterocycles. The van der Waals surface area contributed by atoms with Gasteiger partial charge in [0.25, 0.3) is 11.8 Å². The van der Waals surface area contributed by atoms with E-state index in [4.69, 9.17) is 5.73 Å². The fourth-order valence-corrected chi connectivity index (χ4v) is 5.74. The van der Waals surface area contributed by atoms with E-state index < -0.39 is 6.04 Å². The van der Waals surface area contributed by atoms with Crippen LogP contribution in [0.25, 0.3) is 0 Å². The highest BCUT2D eigenvalue weighted by Gasteiger charge is 2.26. The molecule has 0 aromatic rings. The van der Waals surface area contributed by atoms with Crippen molar-refractivity contribution in [3.8, 4) is 0 Å². The molecule has 10 N–H and O–H groups in total. The van der Waals surface area contributed by atoms with Crippen LogP contribution >= 0.6 is 0 Å². The van der Waals surface area contributed by atoms with E-state index in [0.29, 0.717) is 12.3 Å². The van der Waals surface area contributed by atoms with Crippen molar-refractivity contribution >= 4 is 17.6 Å². The summed E-state index contributed by atoms with van der Waals surface area (Å²) in [5, 5.41) is 2.93. The number of amides is 2. The first kappa shape index (κ1) is 53.0. The fraction of sp³-hybridized carbons (Fsp3) is 0.917. The highest BCUT2D eigenvalue weighted by Crippen LogP contribution is 2.14. The van der Waals surface area contributed by atoms with Gasteiger partial charge in [-0.1, -0.05) is 142 Å². The zero-order valence-electron chi connectivity index (χ0n) is 30.8. The lowest BCUT2D eigenvalue weighted by Crippen LogP contribution is -3.00. The van der Waals surface area contributed by atoms with Crippen molar-refractivity contribution in [3.05, 3.63) is 0 Å². The molecule has 47 heavy (non-hydrogen) atoms. The predicted octanol–water partition coefficient (Wildman–Crippen LogP) is -4.98. The van der Waals surface area contributed by atoms with Gasteiger partial charge < -0.3 is 58.9 Å². The summed E-state index contributed by atoms with van der Waals surface area (Å²) in [6, 6.07) is -0.816. The Hall–Kier alpha value is -0.800. The van der Waals surface area contributed by atoms with Crippen molar-refractivity contribution in [1.82, 2.24) is 10.2 Å². The van der Waals surface area contributed by atoms with Crippen LogP contribution in [0.4, 0.5) is 0 Å². The second-order valence-electron chi connectivity index (χ2n) is 13.3. The third kappa shape index (κ3) is 34.8. The van der Waals surface area contributed by atoms with E-state index in [-0.39, 0.29) is 61.6 Å². The standard InChI is InChI=1S/C36H74N6O2.3ClH/c1-4-6-8-10-12-14-16-17-19-21-23-25-30-42(29-24-22-20-18-15-13-11-9-7-5-2)36(44)34(39)31-41-35(43)33(38)27-26-28-40-32(3)37;;;/h33-34H,4-31,38-39H2,1-3H3,(H2,37,40)(H,41,43);3*1H. The number of quaternary nitrogens is 2. The van der Waals surface area contributed by atoms with Crippen molar-refractivity contribution in [2.75, 3.05) is 26.2 Å². The molecular formula is C36H77Cl3N6O2. The Morgan fingerprint density at radius 2 is 0.979 bits per heavy atom. The summed E-state index contributed by atoms with van der Waals surface area (Å²) in [6.45, 7) is 8.96. The van der Waals surface area contributed by atoms with E-state index in [1.165, 1.54) is 128 Å². The van der Waals surface area contributed by atoms with Gasteiger partial charge in [0.05, 0.1) is 13.1 Å². The molecule has 0 aromatic heterocycles. The molecular weight excluding hydrogens is 655 g/mol. The van der Waals surface area contributed by atoms with Gasteiger partial charge in [-0.3, -0.25) is 20.3 Å². The van der Waals surface area contributed by atoms with Crippen LogP contribution < -0.4 is 64.7 Å². The van der Waals surface area contributed by atoms with Gasteiger partial charge in [0.2, 0.25) is 5.84 Å². The number of amidine groups is 1. The fourth-order valence-electron chi connectivity index (χ4n) is 5.74. The molecule has 2 atom stereocenters. The van der Waals surface area contributed by atoms with Crippen molar-refractivity contribution < 1.29 is 63.3 Å². The van der Waals surface area contributed by atoms with Crippen LogP contribution in [0.5, 0.6) is 0 Å². The number of carbonyl (C=O) groups is 2. The number of nitrogens with one attached hydrogen (secondary N) is 2. The summed E-state index contributed by atoms with van der Waals surface area (Å²) in [4.78, 5) is 31.1. The lowest BCUT2D eigenvalue weighted by Gasteiger charge is -2.25. The van der Waals surface area contributed by atoms with Crippen molar-refractivity contribution in [1.29, 1.82) is 0 Å². The third-order valence-electron chi connectivity index (χ3n) is 8.75. The van der Waals surface area contributed by atoms with Crippen LogP contribution in [0, 0.1) is 0 Å². The first-order chi connectivity index (χ1) is 21.3. The zero-order valence-corrected chi connectivity index (χ0v) is 33.1. The number of unbranched alkanes of at least 4 members (excludes halogenated alkanes) is 20. The topological polar surface area (TPSA) is 145 Å². The molecule has 0 spiro atoms. The molecule has 2 amide bonds. The molecule has 0 aliphatic rings. The summed E-state index contributed by atoms with van der Waals surface area (Å²) in [5.41, 5.74) is 13.8. The number of carbonyl (C=O) groups excluding carboxylic acids is 2. The number of halogens is 3. The second-order valence-corrected chi connectivity index (χ2v) is 13.3. The minimum Gasteiger partial charge on any atom is -1.00 e. The number of rotatable bonds is 32. The molecule has 11 heteroatoms. The summed E-state index contributed by atoms with van der Waals surface area (Å²) in [6.07, 6.45) is 30.1. The van der Waals surface area contributed by atoms with Crippen molar-refractivity contribution in [2.45, 2.75) is 187 Å². The van der Waals surface area contributed by atoms with Gasteiger partial charge in [-0.25, -0.2) is 0 Å². The summed E-state index contributed by atoms with van der Waals surface area (Å²) >= 11 is 0. The molecule has 0 fully saturated rings. The average Bonchev–Trinajstić information content (AvgIpc) is 3.01. The summed E-state index contributed by atoms with van der Waals surface area (Å²) in [7, 11) is 0. The first-order valence-corrected chi connectivity index (χ1v) is 18.9. The second kappa shape index (κ2) is 39.6. The van der Waals surface area contributed by atoms with E-state index in [1.54, 1.807) is 0 Å². The van der Waals surface area contributed by atoms with Crippen LogP contribution in [-0.4, -0.2) is 60.8 Å². The molecule has 0 saturated carbocycles. The molecule has 0 saturated heterocycles. The van der Waals surface area contributed by atoms with E-state index >= 15 is 0 Å². The van der Waals surface area contributed by atoms with E-state index in [9.17, 15) is 9.59 Å². The smallest absolute Gasteiger partial charge is 0.282 e. The SMILES string of the molecule is CCCCCCCCCCCCCCN(CCCCCCCCCCCC)C(=O)C([NH3+])CNC(=O)C([NH3+])CCC[NH+]=C(C)N.[Cl-].[Cl-].[Cl-]. The van der Waals surface area contributed by atoms with Gasteiger partial charge in [-0.2, -0.15) is 0 Å². The van der Waals surface area contributed by atoms with Crippen LogP contribution in [0.1, 0.15) is 175 Å². The lowest BCUT2D eigenvalue weighted by atomic mass is 10.0. The molecule has 8 nitrogen and oxygen atoms in total. The van der Waals surface area contributed by atoms with Crippen LogP contribution in [0.2, 0.25) is 0 Å². The predicted molar refractivity (Wildman–Crippen MR) is 186 cm³/mol. The van der Waals surface area contributed by atoms with Gasteiger partial charge >= 0.3 is 0 Å². The Morgan fingerprint density at radius 1 is 0.617 bits per heavy atom. The third-order valence-corrected chi connectivity index (χ3v) is 8.75. The van der Waals surface area contributed by atoms with Crippen molar-refractivity contribution in [2.24, 2.45) is 5.73 Å². The number of hydrogen-bond donors (Lipinski definition) is 5. The Labute approximate surface area is 309 Å². The van der Waals surface area contributed by atoms with Gasteiger partial charge in [0.1, 0.15) is 0 Å². The maximum atomic E-state index is 13.4. The van der Waals surface area contributed by atoms with E-state index in [2.05, 4.69) is 35.6 Å². The number of nitrogens with zero attached hydrogens (tertiary/aromatic N) is 1. The molecule has 0 aliphatic heterocycles. The molecule has 0 bridgehead atoms. The minimum absolute atomic E-state index is 0. The maximum absolute atomic E-state index is 13.4. The lowest BCUT2D eigenvalue weighted by molar-refractivity contribution is -0.463. The van der Waals surface area contributed by atoms with Gasteiger partial charge in [-0.05, 0) is 19.3 Å². The molecule has 0 radical (unpaired) electrons. The van der Waals surface area contributed by atoms with E-state index in [1.807, 2.05) is 11.8 Å². The Morgan fingerprint density at radius 3 is 1.34 bits per heavy atom. The van der Waals surface area contributed by atoms with E-state index in [0.717, 1.165) is 38.9 Å². The summed E-state index contributed by atoms with van der Waals surface area (Å²) in [5.74, 6) is 0.643. The Kier molecular flexibility index (Phi) is 44.7. The quantitative estimate of drug-likeness (QED) is 0.0269. The molecule has 0 aromatic carbocycles. The maximum Gasteiger partial charge on any atom is 0.282 e. The average molecular weight is 732 g/mol. The van der Waals surface area contributed by atoms with Crippen LogP contribution in [-0.2, 0) is 9.59 Å². The van der Waals surface area contributed by atoms with Gasteiger partial charge in [0, 0.05) is 26.4 Å². The molecule has 0 rings (SSSR count). The van der Waals surface area contributed by atoms with Gasteiger partial charge in [-0.15, -0.1) is 0 Å². The molecule has 0 aliphatic carbocycles. The van der Waals surface area contributed by atoms with Crippen LogP contribution in [0.15, 0.2) is 0 Å². The number of hydrogen-bond acceptors (Lipinski definition) is 2. The minimum atomic E-state index is -0.470. The normalized spacial score (nSPS) is 12.3. The first-order valence-electron chi connectivity index (χ1n) is 18.9. The van der Waals surface area contributed by atoms with Crippen LogP contribution in [0.3, 0.4) is 0 Å². The molecule has 2 unspecified atom stereocenters. The van der Waals surface area contributed by atoms with Gasteiger partial charge in [0.15, 0.2) is 12.1 Å². The molecule has 284 valence electrons. The highest BCUT2D eigenvalue weighted by molar-refractivity contribution is 5.83. The summed E-state index contributed by atoms with van der Waals surface area (Å²) < 4.78 is 0. The Bertz CT molecular complexity index is 714. The number of nitrogens with two attached hydrogens (primary N) is 1. The zero-order chi connectivity index (χ0) is 32.7. The Balaban J connectivity index is -0.00000308. The highest BCUT2D eigenvalue weighted by atomic mass is 35.5. The monoisotopic (exact) mass is 731 g/mol. The largest absolute Gasteiger partial charge is 1.00 e. The van der Waals surface area contributed by atoms with Crippen molar-refractivity contribution in [3.63, 3.8) is 0 Å².